The fourth-order valence-electron chi connectivity index (χ4n) is 12.4. The van der Waals surface area contributed by atoms with Gasteiger partial charge >= 0.3 is 6.16 Å². The molecule has 4 aliphatic carbocycles. The largest absolute Gasteiger partial charge is 0.510 e. The molecule has 0 spiro atoms. The minimum atomic E-state index is -0.806. The second-order valence-corrected chi connectivity index (χ2v) is 19.5. The van der Waals surface area contributed by atoms with Crippen molar-refractivity contribution in [3.63, 3.8) is 0 Å². The van der Waals surface area contributed by atoms with Crippen LogP contribution in [0.3, 0.4) is 0 Å². The first-order chi connectivity index (χ1) is 27.9. The fraction of sp³-hybridized carbons (Fsp3) is 0.625. The molecule has 0 N–H and O–H groups in total. The lowest BCUT2D eigenvalue weighted by Crippen LogP contribution is -2.50. The average Bonchev–Trinajstić information content (AvgIpc) is 3.57. The van der Waals surface area contributed by atoms with E-state index >= 15 is 0 Å². The van der Waals surface area contributed by atoms with Crippen LogP contribution < -0.4 is 14.5 Å². The van der Waals surface area contributed by atoms with Gasteiger partial charge in [0, 0.05) is 45.1 Å². The van der Waals surface area contributed by atoms with Crippen LogP contribution in [0.25, 0.3) is 0 Å². The number of fused-ring (bicyclic) bond motifs is 6. The molecule has 0 bridgehead atoms. The molecule has 0 radical (unpaired) electrons. The maximum atomic E-state index is 13.3. The summed E-state index contributed by atoms with van der Waals surface area (Å²) in [4.78, 5) is 33.1. The van der Waals surface area contributed by atoms with E-state index < -0.39 is 12.4 Å². The molecule has 4 fully saturated rings. The molecular formula is C48H63Cl2N3O5. The Hall–Kier alpha value is -3.20. The Labute approximate surface area is 356 Å². The number of amides is 1. The normalized spacial score (nSPS) is 31.3. The van der Waals surface area contributed by atoms with E-state index in [-0.39, 0.29) is 17.4 Å². The molecule has 1 amide bonds. The fourth-order valence-corrected chi connectivity index (χ4v) is 12.8. The Morgan fingerprint density at radius 1 is 0.966 bits per heavy atom. The topological polar surface area (TPSA) is 71.5 Å². The zero-order chi connectivity index (χ0) is 40.8. The van der Waals surface area contributed by atoms with E-state index in [0.717, 1.165) is 100 Å². The van der Waals surface area contributed by atoms with Crippen molar-refractivity contribution in [1.82, 2.24) is 4.90 Å². The van der Waals surface area contributed by atoms with Crippen LogP contribution in [0.5, 0.6) is 5.75 Å². The summed E-state index contributed by atoms with van der Waals surface area (Å²) < 4.78 is 18.1. The Morgan fingerprint density at radius 2 is 1.78 bits per heavy atom. The Balaban J connectivity index is 0.807. The summed E-state index contributed by atoms with van der Waals surface area (Å²) in [6.45, 7) is 18.8. The summed E-state index contributed by atoms with van der Waals surface area (Å²) in [5, 5.41) is 1.21. The van der Waals surface area contributed by atoms with Gasteiger partial charge < -0.3 is 19.1 Å². The van der Waals surface area contributed by atoms with Crippen molar-refractivity contribution in [3.05, 3.63) is 75.8 Å². The van der Waals surface area contributed by atoms with Gasteiger partial charge in [-0.15, -0.1) is 0 Å². The van der Waals surface area contributed by atoms with Gasteiger partial charge in [-0.1, -0.05) is 73.0 Å². The van der Waals surface area contributed by atoms with E-state index in [4.69, 9.17) is 37.4 Å². The van der Waals surface area contributed by atoms with Gasteiger partial charge in [-0.3, -0.25) is 14.6 Å². The van der Waals surface area contributed by atoms with Crippen LogP contribution in [0, 0.1) is 34.5 Å². The monoisotopic (exact) mass is 831 g/mol. The summed E-state index contributed by atoms with van der Waals surface area (Å²) in [7, 11) is 0. The second-order valence-electron chi connectivity index (χ2n) is 18.7. The Kier molecular flexibility index (Phi) is 12.2. The van der Waals surface area contributed by atoms with E-state index in [2.05, 4.69) is 43.2 Å². The number of hydrogen-bond donors (Lipinski definition) is 0. The molecule has 3 saturated carbocycles. The first-order valence-electron chi connectivity index (χ1n) is 22.1. The van der Waals surface area contributed by atoms with Gasteiger partial charge in [-0.25, -0.2) is 4.79 Å². The van der Waals surface area contributed by atoms with Crippen molar-refractivity contribution in [1.29, 1.82) is 0 Å². The molecular weight excluding hydrogens is 769 g/mol. The molecule has 2 heterocycles. The van der Waals surface area contributed by atoms with Gasteiger partial charge in [-0.2, -0.15) is 0 Å². The third kappa shape index (κ3) is 8.03. The smallest absolute Gasteiger partial charge is 0.494 e. The standard InChI is InChI=1S/C48H63Cl2N3O5/c1-31(2)38-16-17-39-37-15-13-34-29-36(19-21-47(34,4)40(37)20-22-48(38,39)5)58-46(55)57-32(3)53-43-30-35(14-11-33(43)12-18-44(53)54)56-28-7-6-23-51-24-26-52(27-25-51)42-10-8-9-41(49)45(42)50/h8-11,13-14,30,32,36-40H,1,6-7,12,15-29H2,2-5H3. The van der Waals surface area contributed by atoms with Crippen molar-refractivity contribution in [2.75, 3.05) is 49.1 Å². The summed E-state index contributed by atoms with van der Waals surface area (Å²) in [6, 6.07) is 11.7. The maximum absolute atomic E-state index is 13.3. The molecule has 2 aliphatic heterocycles. The third-order valence-electron chi connectivity index (χ3n) is 15.5. The molecule has 6 aliphatic rings. The summed E-state index contributed by atoms with van der Waals surface area (Å²) in [5.74, 6) is 3.48. The van der Waals surface area contributed by atoms with Gasteiger partial charge in [0.2, 0.25) is 5.91 Å². The highest BCUT2D eigenvalue weighted by molar-refractivity contribution is 6.43. The highest BCUT2D eigenvalue weighted by Gasteiger charge is 2.58. The van der Waals surface area contributed by atoms with Crippen molar-refractivity contribution in [2.24, 2.45) is 34.5 Å². The molecule has 8 atom stereocenters. The third-order valence-corrected chi connectivity index (χ3v) is 16.3. The average molecular weight is 833 g/mol. The number of hydrogen-bond acceptors (Lipinski definition) is 7. The van der Waals surface area contributed by atoms with E-state index in [1.165, 1.54) is 36.8 Å². The number of piperazine rings is 1. The van der Waals surface area contributed by atoms with E-state index in [0.29, 0.717) is 52.5 Å². The molecule has 2 aromatic rings. The van der Waals surface area contributed by atoms with Crippen molar-refractivity contribution >= 4 is 46.6 Å². The SMILES string of the molecule is C=C(C)C1CCC2C3CC=C4CC(OC(=O)OC(C)N5C(=O)CCc6ccc(OCCCCN7CCN(c8cccc(Cl)c8Cl)CC7)cc65)CCC4(C)C3CCC12C. The van der Waals surface area contributed by atoms with Gasteiger partial charge in [-0.05, 0) is 143 Å². The van der Waals surface area contributed by atoms with Crippen LogP contribution in [0.1, 0.15) is 104 Å². The molecule has 8 unspecified atom stereocenters. The van der Waals surface area contributed by atoms with Crippen molar-refractivity contribution in [3.8, 4) is 5.75 Å². The van der Waals surface area contributed by atoms with Gasteiger partial charge in [0.15, 0.2) is 6.23 Å². The molecule has 2 aromatic carbocycles. The summed E-state index contributed by atoms with van der Waals surface area (Å²) in [6.07, 6.45) is 12.7. The molecule has 1 saturated heterocycles. The Morgan fingerprint density at radius 3 is 2.57 bits per heavy atom. The Bertz CT molecular complexity index is 1910. The maximum Gasteiger partial charge on any atom is 0.510 e. The number of aryl methyl sites for hydroxylation is 1. The van der Waals surface area contributed by atoms with Crippen LogP contribution in [0.4, 0.5) is 16.2 Å². The van der Waals surface area contributed by atoms with E-state index in [9.17, 15) is 9.59 Å². The molecule has 8 nitrogen and oxygen atoms in total. The van der Waals surface area contributed by atoms with Crippen LogP contribution in [-0.4, -0.2) is 68.6 Å². The van der Waals surface area contributed by atoms with E-state index in [1.54, 1.807) is 11.8 Å². The first-order valence-corrected chi connectivity index (χ1v) is 22.8. The molecule has 0 aromatic heterocycles. The van der Waals surface area contributed by atoms with Crippen molar-refractivity contribution in [2.45, 2.75) is 117 Å². The van der Waals surface area contributed by atoms with Crippen LogP contribution in [-0.2, 0) is 20.7 Å². The van der Waals surface area contributed by atoms with Crippen LogP contribution in [0.2, 0.25) is 10.0 Å². The number of carbonyl (C=O) groups is 2. The number of ether oxygens (including phenoxy) is 3. The summed E-state index contributed by atoms with van der Waals surface area (Å²) in [5.41, 5.74) is 6.17. The van der Waals surface area contributed by atoms with Crippen LogP contribution in [0.15, 0.2) is 60.2 Å². The number of nitrogens with zero attached hydrogens (tertiary/aromatic N) is 3. The highest BCUT2D eigenvalue weighted by atomic mass is 35.5. The predicted octanol–water partition coefficient (Wildman–Crippen LogP) is 11.3. The predicted molar refractivity (Wildman–Crippen MR) is 233 cm³/mol. The molecule has 58 heavy (non-hydrogen) atoms. The number of benzene rings is 2. The van der Waals surface area contributed by atoms with Gasteiger partial charge in [0.05, 0.1) is 28.0 Å². The first kappa shape index (κ1) is 41.5. The number of halogens is 2. The zero-order valence-corrected chi connectivity index (χ0v) is 36.6. The van der Waals surface area contributed by atoms with E-state index in [1.807, 2.05) is 36.4 Å². The highest BCUT2D eigenvalue weighted by Crippen LogP contribution is 2.67. The lowest BCUT2D eigenvalue weighted by atomic mass is 9.47. The molecule has 8 rings (SSSR count). The minimum Gasteiger partial charge on any atom is -0.494 e. The quantitative estimate of drug-likeness (QED) is 0.127. The second kappa shape index (κ2) is 17.0. The number of anilines is 2. The zero-order valence-electron chi connectivity index (χ0n) is 35.1. The molecule has 10 heteroatoms. The van der Waals surface area contributed by atoms with Gasteiger partial charge in [0.1, 0.15) is 11.9 Å². The van der Waals surface area contributed by atoms with Gasteiger partial charge in [0.25, 0.3) is 0 Å². The van der Waals surface area contributed by atoms with Crippen molar-refractivity contribution < 1.29 is 23.8 Å². The number of rotatable bonds is 11. The number of unbranched alkanes of at least 4 members (excludes halogenated alkanes) is 1. The minimum absolute atomic E-state index is 0.0709. The summed E-state index contributed by atoms with van der Waals surface area (Å²) >= 11 is 12.7. The molecule has 314 valence electrons. The number of carbonyl (C=O) groups excluding carboxylic acids is 2. The van der Waals surface area contributed by atoms with Crippen LogP contribution >= 0.6 is 23.2 Å². The number of allylic oxidation sites excluding steroid dienone is 2. The lowest BCUT2D eigenvalue weighted by molar-refractivity contribution is -0.121. The lowest BCUT2D eigenvalue weighted by Gasteiger charge is -2.58.